The van der Waals surface area contributed by atoms with E-state index in [1.165, 1.54) is 31.2 Å². The highest BCUT2D eigenvalue weighted by molar-refractivity contribution is 5.98. The van der Waals surface area contributed by atoms with Crippen molar-refractivity contribution in [3.05, 3.63) is 59.7 Å². The van der Waals surface area contributed by atoms with Crippen molar-refractivity contribution in [1.82, 2.24) is 0 Å². The van der Waals surface area contributed by atoms with Gasteiger partial charge in [0, 0.05) is 0 Å². The third-order valence-corrected chi connectivity index (χ3v) is 3.46. The van der Waals surface area contributed by atoms with Crippen LogP contribution in [0.4, 0.5) is 27.6 Å². The number of benzene rings is 2. The zero-order valence-corrected chi connectivity index (χ0v) is 14.3. The second-order valence-electron chi connectivity index (χ2n) is 5.49. The molecule has 2 aromatic rings. The monoisotopic (exact) mass is 403 g/mol. The number of amides is 1. The molecule has 0 aliphatic carbocycles. The maximum atomic E-state index is 12.5. The number of nitrogens with one attached hydrogen (secondary N) is 1. The highest BCUT2D eigenvalue weighted by Gasteiger charge is 2.30. The number of hydrogen-bond donors (Lipinski definition) is 1. The quantitative estimate of drug-likeness (QED) is 0.570. The summed E-state index contributed by atoms with van der Waals surface area (Å²) in [4.78, 5) is 24.1. The summed E-state index contributed by atoms with van der Waals surface area (Å²) in [7, 11) is 0. The van der Waals surface area contributed by atoms with Crippen LogP contribution in [0.5, 0.6) is 5.75 Å². The van der Waals surface area contributed by atoms with E-state index in [2.05, 4.69) is 10.1 Å². The van der Waals surface area contributed by atoms with Gasteiger partial charge < -0.3 is 14.8 Å². The number of para-hydroxylation sites is 2. The number of hydrogen-bond acceptors (Lipinski definition) is 4. The van der Waals surface area contributed by atoms with Gasteiger partial charge in [-0.15, -0.1) is 0 Å². The third kappa shape index (κ3) is 5.66. The average molecular weight is 403 g/mol. The minimum absolute atomic E-state index is 0.0646. The molecule has 0 fully saturated rings. The van der Waals surface area contributed by atoms with E-state index < -0.39 is 36.3 Å². The summed E-state index contributed by atoms with van der Waals surface area (Å²) in [6.45, 7) is -1.89. The van der Waals surface area contributed by atoms with E-state index in [1.807, 2.05) is 0 Å². The van der Waals surface area contributed by atoms with E-state index in [-0.39, 0.29) is 17.0 Å². The molecule has 0 bridgehead atoms. The summed E-state index contributed by atoms with van der Waals surface area (Å²) in [5.74, 6) is -2.15. The van der Waals surface area contributed by atoms with Gasteiger partial charge in [-0.2, -0.15) is 22.0 Å². The summed E-state index contributed by atoms with van der Waals surface area (Å²) in [5, 5.41) is 2.28. The number of halogens is 5. The largest absolute Gasteiger partial charge is 0.449 e. The van der Waals surface area contributed by atoms with Crippen LogP contribution in [0.1, 0.15) is 22.8 Å². The van der Waals surface area contributed by atoms with E-state index in [1.54, 1.807) is 0 Å². The van der Waals surface area contributed by atoms with Gasteiger partial charge >= 0.3 is 18.8 Å². The number of esters is 1. The van der Waals surface area contributed by atoms with E-state index in [4.69, 9.17) is 4.74 Å². The minimum atomic E-state index is -4.55. The van der Waals surface area contributed by atoms with Crippen molar-refractivity contribution >= 4 is 17.6 Å². The van der Waals surface area contributed by atoms with Crippen LogP contribution in [0.3, 0.4) is 0 Å². The second kappa shape index (κ2) is 8.68. The first-order valence-corrected chi connectivity index (χ1v) is 7.81. The Morgan fingerprint density at radius 2 is 1.61 bits per heavy atom. The SMILES string of the molecule is CC(OC(=O)c1ccc(C(F)(F)F)cc1)C(=O)Nc1ccccc1OC(F)F. The summed E-state index contributed by atoms with van der Waals surface area (Å²) in [6.07, 6.45) is -5.90. The number of alkyl halides is 5. The molecule has 0 radical (unpaired) electrons. The van der Waals surface area contributed by atoms with Crippen molar-refractivity contribution in [1.29, 1.82) is 0 Å². The first-order chi connectivity index (χ1) is 13.1. The molecule has 1 N–H and O–H groups in total. The molecule has 0 saturated carbocycles. The van der Waals surface area contributed by atoms with Crippen LogP contribution in [0.15, 0.2) is 48.5 Å². The Morgan fingerprint density at radius 1 is 1.00 bits per heavy atom. The Hall–Kier alpha value is -3.17. The molecule has 2 rings (SSSR count). The zero-order valence-electron chi connectivity index (χ0n) is 14.3. The van der Waals surface area contributed by atoms with Crippen molar-refractivity contribution in [3.63, 3.8) is 0 Å². The number of anilines is 1. The number of carbonyl (C=O) groups excluding carboxylic acids is 2. The molecule has 0 spiro atoms. The Bertz CT molecular complexity index is 837. The van der Waals surface area contributed by atoms with Crippen LogP contribution < -0.4 is 10.1 Å². The Morgan fingerprint density at radius 3 is 2.18 bits per heavy atom. The van der Waals surface area contributed by atoms with Crippen LogP contribution in [0.25, 0.3) is 0 Å². The van der Waals surface area contributed by atoms with Gasteiger partial charge in [-0.3, -0.25) is 4.79 Å². The molecule has 0 saturated heterocycles. The molecule has 28 heavy (non-hydrogen) atoms. The Kier molecular flexibility index (Phi) is 6.55. The lowest BCUT2D eigenvalue weighted by molar-refractivity contribution is -0.137. The molecule has 1 atom stereocenters. The second-order valence-corrected chi connectivity index (χ2v) is 5.49. The Balaban J connectivity index is 2.01. The predicted molar refractivity (Wildman–Crippen MR) is 88.0 cm³/mol. The summed E-state index contributed by atoms with van der Waals surface area (Å²) in [6, 6.07) is 8.65. The van der Waals surface area contributed by atoms with Gasteiger partial charge in [0.05, 0.1) is 16.8 Å². The molecule has 0 aliphatic heterocycles. The number of carbonyl (C=O) groups is 2. The smallest absolute Gasteiger partial charge is 0.416 e. The molecule has 2 aromatic carbocycles. The summed E-state index contributed by atoms with van der Waals surface area (Å²) < 4.78 is 71.5. The fourth-order valence-electron chi connectivity index (χ4n) is 2.08. The summed E-state index contributed by atoms with van der Waals surface area (Å²) in [5.41, 5.74) is -1.19. The summed E-state index contributed by atoms with van der Waals surface area (Å²) >= 11 is 0. The van der Waals surface area contributed by atoms with E-state index >= 15 is 0 Å². The first-order valence-electron chi connectivity index (χ1n) is 7.81. The first kappa shape index (κ1) is 21.1. The molecule has 1 amide bonds. The van der Waals surface area contributed by atoms with Crippen molar-refractivity contribution in [3.8, 4) is 5.75 Å². The molecular formula is C18H14F5NO4. The Labute approximate surface area is 156 Å². The zero-order chi connectivity index (χ0) is 20.9. The van der Waals surface area contributed by atoms with Gasteiger partial charge in [0.1, 0.15) is 5.75 Å². The average Bonchev–Trinajstić information content (AvgIpc) is 2.62. The normalized spacial score (nSPS) is 12.4. The number of ether oxygens (including phenoxy) is 2. The van der Waals surface area contributed by atoms with Gasteiger partial charge in [0.2, 0.25) is 0 Å². The lowest BCUT2D eigenvalue weighted by Gasteiger charge is -2.16. The molecule has 1 unspecified atom stereocenters. The lowest BCUT2D eigenvalue weighted by atomic mass is 10.1. The fourth-order valence-corrected chi connectivity index (χ4v) is 2.08. The van der Waals surface area contributed by atoms with E-state index in [0.717, 1.165) is 12.1 Å². The van der Waals surface area contributed by atoms with Crippen molar-refractivity contribution in [2.45, 2.75) is 25.8 Å². The maximum Gasteiger partial charge on any atom is 0.416 e. The van der Waals surface area contributed by atoms with Crippen molar-refractivity contribution in [2.75, 3.05) is 5.32 Å². The molecule has 0 aromatic heterocycles. The molecule has 10 heteroatoms. The van der Waals surface area contributed by atoms with Gasteiger partial charge in [-0.05, 0) is 43.3 Å². The highest BCUT2D eigenvalue weighted by Crippen LogP contribution is 2.29. The third-order valence-electron chi connectivity index (χ3n) is 3.46. The molecule has 0 aliphatic rings. The molecule has 150 valence electrons. The van der Waals surface area contributed by atoms with Crippen LogP contribution >= 0.6 is 0 Å². The predicted octanol–water partition coefficient (Wildman–Crippen LogP) is 4.49. The maximum absolute atomic E-state index is 12.5. The van der Waals surface area contributed by atoms with E-state index in [9.17, 15) is 31.5 Å². The standard InChI is InChI=1S/C18H14F5NO4/c1-10(15(25)24-13-4-2-3-5-14(13)28-17(19)20)27-16(26)11-6-8-12(9-7-11)18(21,22)23/h2-10,17H,1H3,(H,24,25). The van der Waals surface area contributed by atoms with Crippen LogP contribution in [-0.2, 0) is 15.7 Å². The molecule has 0 heterocycles. The van der Waals surface area contributed by atoms with Crippen LogP contribution in [0.2, 0.25) is 0 Å². The van der Waals surface area contributed by atoms with Crippen molar-refractivity contribution < 1.29 is 41.0 Å². The minimum Gasteiger partial charge on any atom is -0.449 e. The van der Waals surface area contributed by atoms with Crippen molar-refractivity contribution in [2.24, 2.45) is 0 Å². The number of rotatable bonds is 6. The van der Waals surface area contributed by atoms with Gasteiger partial charge in [0.25, 0.3) is 5.91 Å². The van der Waals surface area contributed by atoms with Crippen LogP contribution in [-0.4, -0.2) is 24.6 Å². The van der Waals surface area contributed by atoms with Gasteiger partial charge in [-0.1, -0.05) is 12.1 Å². The fraction of sp³-hybridized carbons (Fsp3) is 0.222. The highest BCUT2D eigenvalue weighted by atomic mass is 19.4. The molecular weight excluding hydrogens is 389 g/mol. The molecule has 5 nitrogen and oxygen atoms in total. The van der Waals surface area contributed by atoms with Gasteiger partial charge in [0.15, 0.2) is 6.10 Å². The topological polar surface area (TPSA) is 64.6 Å². The van der Waals surface area contributed by atoms with Gasteiger partial charge in [-0.25, -0.2) is 4.79 Å². The van der Waals surface area contributed by atoms with Crippen LogP contribution in [0, 0.1) is 0 Å². The lowest BCUT2D eigenvalue weighted by Crippen LogP contribution is -2.30. The van der Waals surface area contributed by atoms with E-state index in [0.29, 0.717) is 12.1 Å².